The molecule has 1 aliphatic heterocycles. The lowest BCUT2D eigenvalue weighted by Gasteiger charge is -2.28. The highest BCUT2D eigenvalue weighted by Gasteiger charge is 2.28. The second kappa shape index (κ2) is 4.61. The molecule has 3 N–H and O–H groups in total. The van der Waals surface area contributed by atoms with Crippen LogP contribution < -0.4 is 15.8 Å². The lowest BCUT2D eigenvalue weighted by atomic mass is 9.90. The Balaban J connectivity index is 1.93. The molecule has 1 aromatic rings. The minimum absolute atomic E-state index is 0.0799. The average Bonchev–Trinajstić information content (AvgIpc) is 2.38. The fourth-order valence-electron chi connectivity index (χ4n) is 2.72. The lowest BCUT2D eigenvalue weighted by molar-refractivity contribution is -0.123. The number of carbonyl (C=O) groups excluding carboxylic acids is 1. The van der Waals surface area contributed by atoms with E-state index in [-0.39, 0.29) is 5.91 Å². The normalized spacial score (nSPS) is 21.6. The van der Waals surface area contributed by atoms with E-state index in [1.165, 1.54) is 24.0 Å². The van der Waals surface area contributed by atoms with E-state index in [0.717, 1.165) is 24.3 Å². The molecule has 18 heavy (non-hydrogen) atoms. The van der Waals surface area contributed by atoms with E-state index >= 15 is 0 Å². The Labute approximate surface area is 107 Å². The van der Waals surface area contributed by atoms with Crippen LogP contribution in [-0.4, -0.2) is 18.6 Å². The summed E-state index contributed by atoms with van der Waals surface area (Å²) in [5.41, 5.74) is 9.02. The van der Waals surface area contributed by atoms with Crippen LogP contribution in [0.15, 0.2) is 12.1 Å². The summed E-state index contributed by atoms with van der Waals surface area (Å²) in [5, 5.41) is 2.93. The fourth-order valence-corrected chi connectivity index (χ4v) is 2.72. The number of aryl methyl sites for hydroxylation is 2. The molecule has 0 fully saturated rings. The molecule has 4 nitrogen and oxygen atoms in total. The van der Waals surface area contributed by atoms with Crippen LogP contribution in [0.5, 0.6) is 5.75 Å². The Hall–Kier alpha value is -1.55. The van der Waals surface area contributed by atoms with E-state index in [2.05, 4.69) is 17.4 Å². The van der Waals surface area contributed by atoms with Crippen LogP contribution >= 0.6 is 0 Å². The summed E-state index contributed by atoms with van der Waals surface area (Å²) >= 11 is 0. The van der Waals surface area contributed by atoms with Gasteiger partial charge in [0.15, 0.2) is 6.10 Å². The van der Waals surface area contributed by atoms with Crippen molar-refractivity contribution in [2.24, 2.45) is 5.73 Å². The molecule has 0 radical (unpaired) electrons. The number of ether oxygens (including phenoxy) is 1. The zero-order valence-electron chi connectivity index (χ0n) is 10.4. The van der Waals surface area contributed by atoms with E-state index in [0.29, 0.717) is 13.0 Å². The first-order valence-electron chi connectivity index (χ1n) is 6.61. The molecular formula is C14H18N2O2. The molecule has 0 spiro atoms. The number of rotatable bonds is 2. The van der Waals surface area contributed by atoms with Gasteiger partial charge in [-0.2, -0.15) is 0 Å². The smallest absolute Gasteiger partial charge is 0.265 e. The van der Waals surface area contributed by atoms with Gasteiger partial charge in [0.05, 0.1) is 5.69 Å². The molecule has 0 aromatic heterocycles. The highest BCUT2D eigenvalue weighted by molar-refractivity contribution is 5.97. The molecule has 1 aliphatic carbocycles. The van der Waals surface area contributed by atoms with E-state index in [9.17, 15) is 4.79 Å². The predicted molar refractivity (Wildman–Crippen MR) is 69.8 cm³/mol. The van der Waals surface area contributed by atoms with Gasteiger partial charge in [-0.1, -0.05) is 0 Å². The second-order valence-corrected chi connectivity index (χ2v) is 5.00. The summed E-state index contributed by atoms with van der Waals surface area (Å²) in [6, 6.07) is 4.16. The molecule has 1 amide bonds. The van der Waals surface area contributed by atoms with Gasteiger partial charge in [-0.15, -0.1) is 0 Å². The van der Waals surface area contributed by atoms with Gasteiger partial charge in [-0.3, -0.25) is 4.79 Å². The molecule has 0 saturated carbocycles. The third-order valence-electron chi connectivity index (χ3n) is 3.69. The topological polar surface area (TPSA) is 64.3 Å². The summed E-state index contributed by atoms with van der Waals surface area (Å²) < 4.78 is 5.76. The Morgan fingerprint density at radius 1 is 1.28 bits per heavy atom. The number of benzene rings is 1. The molecular weight excluding hydrogens is 228 g/mol. The minimum Gasteiger partial charge on any atom is -0.478 e. The van der Waals surface area contributed by atoms with Crippen molar-refractivity contribution in [1.82, 2.24) is 0 Å². The Kier molecular flexibility index (Phi) is 2.96. The van der Waals surface area contributed by atoms with Crippen LogP contribution in [0.3, 0.4) is 0 Å². The number of hydrogen-bond donors (Lipinski definition) is 2. The van der Waals surface area contributed by atoms with Crippen molar-refractivity contribution in [2.75, 3.05) is 11.9 Å². The maximum Gasteiger partial charge on any atom is 0.265 e. The predicted octanol–water partition coefficient (Wildman–Crippen LogP) is 1.61. The molecule has 1 heterocycles. The molecule has 0 saturated heterocycles. The largest absolute Gasteiger partial charge is 0.478 e. The van der Waals surface area contributed by atoms with Crippen molar-refractivity contribution in [3.8, 4) is 5.75 Å². The first-order chi connectivity index (χ1) is 8.78. The van der Waals surface area contributed by atoms with E-state index in [4.69, 9.17) is 10.5 Å². The summed E-state index contributed by atoms with van der Waals surface area (Å²) in [4.78, 5) is 11.8. The lowest BCUT2D eigenvalue weighted by Crippen LogP contribution is -2.38. The maximum absolute atomic E-state index is 11.8. The number of hydrogen-bond acceptors (Lipinski definition) is 3. The number of fused-ring (bicyclic) bond motifs is 2. The Morgan fingerprint density at radius 2 is 2.00 bits per heavy atom. The van der Waals surface area contributed by atoms with Crippen LogP contribution in [0.2, 0.25) is 0 Å². The van der Waals surface area contributed by atoms with Crippen molar-refractivity contribution >= 4 is 11.6 Å². The second-order valence-electron chi connectivity index (χ2n) is 5.00. The Morgan fingerprint density at radius 3 is 2.72 bits per heavy atom. The first-order valence-corrected chi connectivity index (χ1v) is 6.61. The number of carbonyl (C=O) groups is 1. The summed E-state index contributed by atoms with van der Waals surface area (Å²) in [6.45, 7) is 0.457. The Bertz CT molecular complexity index is 485. The van der Waals surface area contributed by atoms with Crippen LogP contribution in [0.25, 0.3) is 0 Å². The highest BCUT2D eigenvalue weighted by Crippen LogP contribution is 2.35. The zero-order valence-corrected chi connectivity index (χ0v) is 10.4. The third-order valence-corrected chi connectivity index (χ3v) is 3.69. The maximum atomic E-state index is 11.8. The van der Waals surface area contributed by atoms with Crippen molar-refractivity contribution in [1.29, 1.82) is 0 Å². The summed E-state index contributed by atoms with van der Waals surface area (Å²) in [7, 11) is 0. The molecule has 1 aromatic carbocycles. The van der Waals surface area contributed by atoms with Gasteiger partial charge in [-0.25, -0.2) is 0 Å². The molecule has 1 unspecified atom stereocenters. The number of nitrogens with one attached hydrogen (secondary N) is 1. The number of amides is 1. The van der Waals surface area contributed by atoms with E-state index < -0.39 is 6.10 Å². The molecule has 96 valence electrons. The fraction of sp³-hybridized carbons (Fsp3) is 0.500. The number of nitrogens with two attached hydrogens (primary N) is 1. The molecule has 0 bridgehead atoms. The highest BCUT2D eigenvalue weighted by atomic mass is 16.5. The third kappa shape index (κ3) is 1.97. The quantitative estimate of drug-likeness (QED) is 0.833. The van der Waals surface area contributed by atoms with E-state index in [1.54, 1.807) is 0 Å². The van der Waals surface area contributed by atoms with Crippen LogP contribution in [0.1, 0.15) is 30.4 Å². The average molecular weight is 246 g/mol. The van der Waals surface area contributed by atoms with Gasteiger partial charge >= 0.3 is 0 Å². The van der Waals surface area contributed by atoms with Gasteiger partial charge < -0.3 is 15.8 Å². The summed E-state index contributed by atoms with van der Waals surface area (Å²) in [5.74, 6) is 0.720. The number of anilines is 1. The van der Waals surface area contributed by atoms with Crippen molar-refractivity contribution in [3.05, 3.63) is 23.3 Å². The van der Waals surface area contributed by atoms with Crippen molar-refractivity contribution < 1.29 is 9.53 Å². The van der Waals surface area contributed by atoms with E-state index in [1.807, 2.05) is 0 Å². The first kappa shape index (κ1) is 11.5. The van der Waals surface area contributed by atoms with Crippen molar-refractivity contribution in [3.63, 3.8) is 0 Å². The molecule has 1 atom stereocenters. The van der Waals surface area contributed by atoms with Crippen LogP contribution in [-0.2, 0) is 17.6 Å². The monoisotopic (exact) mass is 246 g/mol. The van der Waals surface area contributed by atoms with Gasteiger partial charge in [0.25, 0.3) is 5.91 Å². The summed E-state index contributed by atoms with van der Waals surface area (Å²) in [6.07, 6.45) is 4.80. The SMILES string of the molecule is NCCC1Oc2cc3c(cc2NC1=O)CCCC3. The van der Waals surface area contributed by atoms with Gasteiger partial charge in [0, 0.05) is 6.42 Å². The van der Waals surface area contributed by atoms with Gasteiger partial charge in [0.2, 0.25) is 0 Å². The van der Waals surface area contributed by atoms with Gasteiger partial charge in [-0.05, 0) is 55.5 Å². The van der Waals surface area contributed by atoms with Crippen molar-refractivity contribution in [2.45, 2.75) is 38.2 Å². The van der Waals surface area contributed by atoms with Gasteiger partial charge in [0.1, 0.15) is 5.75 Å². The zero-order chi connectivity index (χ0) is 12.5. The standard InChI is InChI=1S/C14H18N2O2/c15-6-5-12-14(17)16-11-7-9-3-1-2-4-10(9)8-13(11)18-12/h7-8,12H,1-6,15H2,(H,16,17). The molecule has 4 heteroatoms. The molecule has 3 rings (SSSR count). The molecule has 2 aliphatic rings. The minimum atomic E-state index is -0.441. The van der Waals surface area contributed by atoms with Crippen LogP contribution in [0.4, 0.5) is 5.69 Å². The van der Waals surface area contributed by atoms with Crippen LogP contribution in [0, 0.1) is 0 Å².